The highest BCUT2D eigenvalue weighted by Crippen LogP contribution is 2.39. The highest BCUT2D eigenvalue weighted by molar-refractivity contribution is 6.13. The maximum atomic E-state index is 9.40. The third-order valence-electron chi connectivity index (χ3n) is 6.93. The van der Waals surface area contributed by atoms with E-state index in [2.05, 4.69) is 46.2 Å². The van der Waals surface area contributed by atoms with Gasteiger partial charge in [-0.2, -0.15) is 0 Å². The van der Waals surface area contributed by atoms with Crippen LogP contribution in [0.2, 0.25) is 0 Å². The van der Waals surface area contributed by atoms with Gasteiger partial charge < -0.3 is 24.6 Å². The Bertz CT molecular complexity index is 633. The van der Waals surface area contributed by atoms with Crippen molar-refractivity contribution in [1.82, 2.24) is 26.2 Å². The second-order valence-electron chi connectivity index (χ2n) is 9.76. The lowest BCUT2D eigenvalue weighted by Gasteiger charge is -2.43. The molecule has 0 spiro atoms. The fourth-order valence-electron chi connectivity index (χ4n) is 5.43. The standard InChI is InChI=1S/C21H38BN5O4/c1-13-8-18(23-11-21(22,28)29)26-20(24-13)25-15-9-16(19-17(10-15)30-12-31-19)14-4-3-6-27(2)7-5-14/h5,13,15-20,23-26,28-29H,3-4,6-12H2,1-2H3. The molecule has 3 fully saturated rings. The number of likely N-dealkylation sites (N-methyl/N-ethyl adjacent to an activating group) is 1. The van der Waals surface area contributed by atoms with Crippen LogP contribution in [-0.4, -0.2) is 98.9 Å². The van der Waals surface area contributed by atoms with Gasteiger partial charge >= 0.3 is 0 Å². The molecule has 1 aliphatic carbocycles. The monoisotopic (exact) mass is 435 g/mol. The number of nitrogens with zero attached hydrogens (tertiary/aromatic N) is 1. The lowest BCUT2D eigenvalue weighted by atomic mass is 9.76. The van der Waals surface area contributed by atoms with Crippen LogP contribution in [-0.2, 0) is 9.47 Å². The Morgan fingerprint density at radius 3 is 2.90 bits per heavy atom. The quantitative estimate of drug-likeness (QED) is 0.173. The minimum atomic E-state index is -2.22. The molecule has 4 rings (SSSR count). The SMILES string of the molecule is [B]C(O)(O)CNC1CC(C)NC(NC2CC3OCOC3C(C3=CCN(C)CCC3)C2)N1. The molecule has 0 aromatic carbocycles. The first-order valence-corrected chi connectivity index (χ1v) is 11.6. The van der Waals surface area contributed by atoms with E-state index in [4.69, 9.17) is 17.3 Å². The summed E-state index contributed by atoms with van der Waals surface area (Å²) in [6.07, 6.45) is 7.56. The minimum Gasteiger partial charge on any atom is -0.374 e. The summed E-state index contributed by atoms with van der Waals surface area (Å²) in [5.74, 6) is 0.377. The summed E-state index contributed by atoms with van der Waals surface area (Å²) in [7, 11) is 7.46. The zero-order valence-corrected chi connectivity index (χ0v) is 18.7. The summed E-state index contributed by atoms with van der Waals surface area (Å²) in [6, 6.07) is 0.550. The first-order chi connectivity index (χ1) is 14.8. The molecule has 31 heavy (non-hydrogen) atoms. The molecule has 2 radical (unpaired) electrons. The van der Waals surface area contributed by atoms with Crippen molar-refractivity contribution in [2.24, 2.45) is 5.92 Å². The van der Waals surface area contributed by atoms with Crippen molar-refractivity contribution in [3.8, 4) is 0 Å². The van der Waals surface area contributed by atoms with E-state index in [1.165, 1.54) is 12.0 Å². The Labute approximate surface area is 186 Å². The summed E-state index contributed by atoms with van der Waals surface area (Å²) in [4.78, 5) is 2.37. The predicted octanol–water partition coefficient (Wildman–Crippen LogP) is -1.27. The van der Waals surface area contributed by atoms with Gasteiger partial charge in [-0.3, -0.25) is 21.3 Å². The first kappa shape index (κ1) is 23.6. The van der Waals surface area contributed by atoms with Crippen molar-refractivity contribution in [2.75, 3.05) is 33.5 Å². The van der Waals surface area contributed by atoms with Crippen LogP contribution in [0.3, 0.4) is 0 Å². The Morgan fingerprint density at radius 1 is 1.26 bits per heavy atom. The molecule has 10 heteroatoms. The lowest BCUT2D eigenvalue weighted by molar-refractivity contribution is -0.0849. The zero-order valence-electron chi connectivity index (χ0n) is 18.7. The molecule has 0 aromatic rings. The second-order valence-corrected chi connectivity index (χ2v) is 9.76. The third kappa shape index (κ3) is 6.49. The Morgan fingerprint density at radius 2 is 2.10 bits per heavy atom. The molecule has 0 bridgehead atoms. The minimum absolute atomic E-state index is 0.0747. The van der Waals surface area contributed by atoms with Gasteiger partial charge in [0.25, 0.3) is 0 Å². The van der Waals surface area contributed by atoms with Gasteiger partial charge in [-0.15, -0.1) is 0 Å². The van der Waals surface area contributed by atoms with Crippen LogP contribution in [0.15, 0.2) is 11.6 Å². The molecule has 7 atom stereocenters. The zero-order chi connectivity index (χ0) is 22.0. The number of aliphatic hydroxyl groups is 2. The van der Waals surface area contributed by atoms with E-state index in [1.54, 1.807) is 0 Å². The average molecular weight is 435 g/mol. The smallest absolute Gasteiger partial charge is 0.155 e. The molecule has 6 N–H and O–H groups in total. The van der Waals surface area contributed by atoms with E-state index in [0.29, 0.717) is 12.7 Å². The molecular formula is C21H38BN5O4. The largest absolute Gasteiger partial charge is 0.374 e. The predicted molar refractivity (Wildman–Crippen MR) is 118 cm³/mol. The van der Waals surface area contributed by atoms with Gasteiger partial charge in [0.05, 0.1) is 18.4 Å². The molecule has 1 saturated carbocycles. The van der Waals surface area contributed by atoms with E-state index in [0.717, 1.165) is 38.8 Å². The Hall–Kier alpha value is -0.555. The lowest BCUT2D eigenvalue weighted by Crippen LogP contribution is -2.69. The van der Waals surface area contributed by atoms with Crippen LogP contribution < -0.4 is 21.3 Å². The molecule has 2 saturated heterocycles. The maximum absolute atomic E-state index is 9.40. The molecule has 7 unspecified atom stereocenters. The van der Waals surface area contributed by atoms with E-state index >= 15 is 0 Å². The van der Waals surface area contributed by atoms with Crippen molar-refractivity contribution in [2.45, 2.75) is 81.5 Å². The van der Waals surface area contributed by atoms with Crippen molar-refractivity contribution in [3.05, 3.63) is 11.6 Å². The molecular weight excluding hydrogens is 397 g/mol. The normalized spacial score (nSPS) is 40.3. The van der Waals surface area contributed by atoms with Crippen LogP contribution in [0.5, 0.6) is 0 Å². The third-order valence-corrected chi connectivity index (χ3v) is 6.93. The molecule has 4 aliphatic rings. The Balaban J connectivity index is 1.38. The van der Waals surface area contributed by atoms with Crippen LogP contribution >= 0.6 is 0 Å². The first-order valence-electron chi connectivity index (χ1n) is 11.6. The number of ether oxygens (including phenoxy) is 2. The second kappa shape index (κ2) is 10.2. The van der Waals surface area contributed by atoms with Crippen molar-refractivity contribution < 1.29 is 19.7 Å². The molecule has 0 amide bonds. The van der Waals surface area contributed by atoms with Gasteiger partial charge in [-0.1, -0.05) is 11.6 Å². The van der Waals surface area contributed by atoms with Crippen molar-refractivity contribution in [3.63, 3.8) is 0 Å². The summed E-state index contributed by atoms with van der Waals surface area (Å²) in [5.41, 5.74) is -0.705. The highest BCUT2D eigenvalue weighted by atomic mass is 16.7. The molecule has 0 aromatic heterocycles. The molecule has 174 valence electrons. The van der Waals surface area contributed by atoms with E-state index in [-0.39, 0.29) is 43.3 Å². The van der Waals surface area contributed by atoms with Crippen LogP contribution in [0.4, 0.5) is 0 Å². The Kier molecular flexibility index (Phi) is 7.73. The van der Waals surface area contributed by atoms with Gasteiger partial charge in [-0.05, 0) is 52.6 Å². The van der Waals surface area contributed by atoms with Crippen molar-refractivity contribution >= 4 is 7.85 Å². The molecule has 3 heterocycles. The highest BCUT2D eigenvalue weighted by Gasteiger charge is 2.44. The summed E-state index contributed by atoms with van der Waals surface area (Å²) in [5, 5.41) is 32.6. The molecule has 9 nitrogen and oxygen atoms in total. The van der Waals surface area contributed by atoms with Gasteiger partial charge in [0, 0.05) is 31.1 Å². The van der Waals surface area contributed by atoms with Crippen molar-refractivity contribution in [1.29, 1.82) is 0 Å². The summed E-state index contributed by atoms with van der Waals surface area (Å²) in [6.45, 7) is 4.54. The van der Waals surface area contributed by atoms with E-state index < -0.39 is 5.69 Å². The fraction of sp³-hybridized carbons (Fsp3) is 0.905. The number of nitrogens with one attached hydrogen (secondary N) is 4. The number of fused-ring (bicyclic) bond motifs is 1. The number of hydrogen-bond acceptors (Lipinski definition) is 9. The van der Waals surface area contributed by atoms with Crippen LogP contribution in [0.1, 0.15) is 39.0 Å². The van der Waals surface area contributed by atoms with Crippen LogP contribution in [0, 0.1) is 5.92 Å². The van der Waals surface area contributed by atoms with Gasteiger partial charge in [0.1, 0.15) is 18.8 Å². The summed E-state index contributed by atoms with van der Waals surface area (Å²) < 4.78 is 12.0. The number of hydrogen-bond donors (Lipinski definition) is 6. The van der Waals surface area contributed by atoms with Crippen LogP contribution in [0.25, 0.3) is 0 Å². The van der Waals surface area contributed by atoms with E-state index in [9.17, 15) is 10.2 Å². The topological polar surface area (TPSA) is 110 Å². The fourth-order valence-corrected chi connectivity index (χ4v) is 5.43. The average Bonchev–Trinajstić information content (AvgIpc) is 3.05. The van der Waals surface area contributed by atoms with E-state index in [1.807, 2.05) is 0 Å². The summed E-state index contributed by atoms with van der Waals surface area (Å²) >= 11 is 0. The van der Waals surface area contributed by atoms with Gasteiger partial charge in [0.2, 0.25) is 0 Å². The van der Waals surface area contributed by atoms with Gasteiger partial charge in [-0.25, -0.2) is 0 Å². The van der Waals surface area contributed by atoms with Gasteiger partial charge in [0.15, 0.2) is 7.85 Å². The maximum Gasteiger partial charge on any atom is 0.155 e. The molecule has 3 aliphatic heterocycles. The number of rotatable bonds is 6.